The van der Waals surface area contributed by atoms with E-state index in [2.05, 4.69) is 34.9 Å². The SMILES string of the molecule is CNC(CCCCNC(=O)OCC1c2ccccc2-c2ccccc21)C(=O)OC(C(=O)O)C(C)C. The van der Waals surface area contributed by atoms with Crippen LogP contribution in [-0.4, -0.2) is 55.5 Å². The van der Waals surface area contributed by atoms with Crippen LogP contribution >= 0.6 is 0 Å². The number of benzene rings is 2. The number of hydrogen-bond donors (Lipinski definition) is 3. The summed E-state index contributed by atoms with van der Waals surface area (Å²) in [5.41, 5.74) is 4.68. The molecular weight excluding hydrogens is 448 g/mol. The van der Waals surface area contributed by atoms with Crippen LogP contribution in [0.3, 0.4) is 0 Å². The van der Waals surface area contributed by atoms with Gasteiger partial charge in [-0.3, -0.25) is 4.79 Å². The summed E-state index contributed by atoms with van der Waals surface area (Å²) < 4.78 is 10.7. The van der Waals surface area contributed by atoms with E-state index >= 15 is 0 Å². The van der Waals surface area contributed by atoms with Gasteiger partial charge in [-0.1, -0.05) is 62.4 Å². The van der Waals surface area contributed by atoms with E-state index < -0.39 is 30.2 Å². The lowest BCUT2D eigenvalue weighted by Crippen LogP contribution is -2.41. The summed E-state index contributed by atoms with van der Waals surface area (Å²) in [6.07, 6.45) is 0.101. The van der Waals surface area contributed by atoms with Gasteiger partial charge < -0.3 is 25.2 Å². The summed E-state index contributed by atoms with van der Waals surface area (Å²) in [4.78, 5) is 35.8. The van der Waals surface area contributed by atoms with Gasteiger partial charge in [0.25, 0.3) is 0 Å². The number of likely N-dealkylation sites (N-methyl/N-ethyl adjacent to an activating group) is 1. The van der Waals surface area contributed by atoms with E-state index in [1.165, 1.54) is 11.1 Å². The second-order valence-corrected chi connectivity index (χ2v) is 9.03. The van der Waals surface area contributed by atoms with Crippen LogP contribution in [0.5, 0.6) is 0 Å². The lowest BCUT2D eigenvalue weighted by molar-refractivity contribution is -0.168. The topological polar surface area (TPSA) is 114 Å². The molecule has 0 saturated heterocycles. The number of ether oxygens (including phenoxy) is 2. The molecule has 0 fully saturated rings. The van der Waals surface area contributed by atoms with Gasteiger partial charge in [0, 0.05) is 18.4 Å². The van der Waals surface area contributed by atoms with Crippen LogP contribution in [0.4, 0.5) is 4.79 Å². The summed E-state index contributed by atoms with van der Waals surface area (Å²) in [6, 6.07) is 15.7. The van der Waals surface area contributed by atoms with Crippen LogP contribution in [-0.2, 0) is 19.1 Å². The molecule has 1 amide bonds. The van der Waals surface area contributed by atoms with Crippen molar-refractivity contribution in [1.29, 1.82) is 0 Å². The van der Waals surface area contributed by atoms with Crippen molar-refractivity contribution in [2.75, 3.05) is 20.2 Å². The maximum Gasteiger partial charge on any atom is 0.407 e. The molecule has 0 saturated carbocycles. The second-order valence-electron chi connectivity index (χ2n) is 9.03. The zero-order valence-corrected chi connectivity index (χ0v) is 20.5. The Morgan fingerprint density at radius 2 is 1.57 bits per heavy atom. The molecule has 1 aliphatic rings. The number of carboxylic acids is 1. The van der Waals surface area contributed by atoms with Crippen molar-refractivity contribution in [3.8, 4) is 11.1 Å². The number of hydrogen-bond acceptors (Lipinski definition) is 6. The largest absolute Gasteiger partial charge is 0.478 e. The van der Waals surface area contributed by atoms with Gasteiger partial charge in [0.1, 0.15) is 12.6 Å². The van der Waals surface area contributed by atoms with E-state index in [0.717, 1.165) is 11.1 Å². The monoisotopic (exact) mass is 482 g/mol. The average molecular weight is 483 g/mol. The number of alkyl carbamates (subject to hydrolysis) is 1. The number of esters is 1. The lowest BCUT2D eigenvalue weighted by atomic mass is 9.98. The molecule has 2 unspecified atom stereocenters. The van der Waals surface area contributed by atoms with E-state index in [-0.39, 0.29) is 18.4 Å². The minimum atomic E-state index is -1.17. The molecule has 0 aliphatic heterocycles. The predicted octanol–water partition coefficient (Wildman–Crippen LogP) is 3.94. The van der Waals surface area contributed by atoms with Crippen molar-refractivity contribution >= 4 is 18.0 Å². The Morgan fingerprint density at radius 1 is 0.971 bits per heavy atom. The summed E-state index contributed by atoms with van der Waals surface area (Å²) in [7, 11) is 1.63. The van der Waals surface area contributed by atoms with Gasteiger partial charge >= 0.3 is 18.0 Å². The molecule has 8 heteroatoms. The number of aliphatic carboxylic acids is 1. The molecule has 0 radical (unpaired) electrons. The number of unbranched alkanes of at least 4 members (excludes halogenated alkanes) is 1. The van der Waals surface area contributed by atoms with Crippen LogP contribution in [0.15, 0.2) is 48.5 Å². The maximum absolute atomic E-state index is 12.3. The highest BCUT2D eigenvalue weighted by Gasteiger charge is 2.30. The van der Waals surface area contributed by atoms with Gasteiger partial charge in [0.15, 0.2) is 0 Å². The third kappa shape index (κ3) is 6.60. The molecule has 0 spiro atoms. The highest BCUT2D eigenvalue weighted by atomic mass is 16.6. The van der Waals surface area contributed by atoms with Crippen molar-refractivity contribution in [1.82, 2.24) is 10.6 Å². The van der Waals surface area contributed by atoms with Gasteiger partial charge in [0.05, 0.1) is 0 Å². The number of amides is 1. The van der Waals surface area contributed by atoms with Crippen LogP contribution in [0.25, 0.3) is 11.1 Å². The number of fused-ring (bicyclic) bond motifs is 3. The van der Waals surface area contributed by atoms with Crippen molar-refractivity contribution in [3.63, 3.8) is 0 Å². The van der Waals surface area contributed by atoms with Crippen molar-refractivity contribution < 1.29 is 29.0 Å². The fraction of sp³-hybridized carbons (Fsp3) is 0.444. The molecule has 3 rings (SSSR count). The average Bonchev–Trinajstić information content (AvgIpc) is 3.16. The molecule has 2 aromatic carbocycles. The molecular formula is C27H34N2O6. The molecule has 3 N–H and O–H groups in total. The number of carboxylic acid groups (broad SMARTS) is 1. The number of carbonyl (C=O) groups is 3. The Hall–Kier alpha value is -3.39. The Bertz CT molecular complexity index is 992. The van der Waals surface area contributed by atoms with E-state index in [9.17, 15) is 19.5 Å². The van der Waals surface area contributed by atoms with Crippen LogP contribution in [0.2, 0.25) is 0 Å². The minimum absolute atomic E-state index is 0.0102. The van der Waals surface area contributed by atoms with E-state index in [0.29, 0.717) is 25.8 Å². The fourth-order valence-corrected chi connectivity index (χ4v) is 4.37. The molecule has 2 aromatic rings. The highest BCUT2D eigenvalue weighted by Crippen LogP contribution is 2.44. The third-order valence-corrected chi connectivity index (χ3v) is 6.26. The number of nitrogens with one attached hydrogen (secondary N) is 2. The Balaban J connectivity index is 1.40. The van der Waals surface area contributed by atoms with Crippen molar-refractivity contribution in [3.05, 3.63) is 59.7 Å². The number of carbonyl (C=O) groups excluding carboxylic acids is 2. The van der Waals surface area contributed by atoms with Gasteiger partial charge in [0.2, 0.25) is 6.10 Å². The second kappa shape index (κ2) is 12.4. The minimum Gasteiger partial charge on any atom is -0.478 e. The zero-order chi connectivity index (χ0) is 25.4. The lowest BCUT2D eigenvalue weighted by Gasteiger charge is -2.21. The predicted molar refractivity (Wildman–Crippen MR) is 132 cm³/mol. The summed E-state index contributed by atoms with van der Waals surface area (Å²) >= 11 is 0. The van der Waals surface area contributed by atoms with Crippen LogP contribution < -0.4 is 10.6 Å². The molecule has 2 atom stereocenters. The van der Waals surface area contributed by atoms with Crippen molar-refractivity contribution in [2.45, 2.75) is 51.2 Å². The summed E-state index contributed by atoms with van der Waals surface area (Å²) in [6.45, 7) is 4.05. The Labute approximate surface area is 206 Å². The number of rotatable bonds is 12. The quantitative estimate of drug-likeness (QED) is 0.310. The molecule has 35 heavy (non-hydrogen) atoms. The van der Waals surface area contributed by atoms with Crippen LogP contribution in [0, 0.1) is 5.92 Å². The van der Waals surface area contributed by atoms with Gasteiger partial charge in [-0.2, -0.15) is 0 Å². The molecule has 0 heterocycles. The molecule has 8 nitrogen and oxygen atoms in total. The van der Waals surface area contributed by atoms with Gasteiger partial charge in [-0.15, -0.1) is 0 Å². The molecule has 0 bridgehead atoms. The maximum atomic E-state index is 12.3. The molecule has 188 valence electrons. The Morgan fingerprint density at radius 3 is 2.11 bits per heavy atom. The zero-order valence-electron chi connectivity index (χ0n) is 20.5. The smallest absolute Gasteiger partial charge is 0.407 e. The first-order valence-corrected chi connectivity index (χ1v) is 12.0. The standard InChI is InChI=1S/C27H34N2O6/c1-17(2)24(25(30)31)35-26(32)23(28-3)14-8-9-15-29-27(33)34-16-22-20-12-6-4-10-18(20)19-11-5-7-13-21(19)22/h4-7,10-13,17,22-24,28H,8-9,14-16H2,1-3H3,(H,29,33)(H,30,31). The van der Waals surface area contributed by atoms with E-state index in [1.807, 2.05) is 24.3 Å². The van der Waals surface area contributed by atoms with Crippen molar-refractivity contribution in [2.24, 2.45) is 5.92 Å². The fourth-order valence-electron chi connectivity index (χ4n) is 4.37. The normalized spacial score (nSPS) is 14.1. The van der Waals surface area contributed by atoms with E-state index in [1.54, 1.807) is 20.9 Å². The summed E-state index contributed by atoms with van der Waals surface area (Å²) in [5.74, 6) is -2.06. The first-order valence-electron chi connectivity index (χ1n) is 12.0. The summed E-state index contributed by atoms with van der Waals surface area (Å²) in [5, 5.41) is 14.8. The first-order chi connectivity index (χ1) is 16.8. The van der Waals surface area contributed by atoms with Crippen LogP contribution in [0.1, 0.15) is 50.2 Å². The molecule has 0 aromatic heterocycles. The van der Waals surface area contributed by atoms with Gasteiger partial charge in [-0.25, -0.2) is 9.59 Å². The highest BCUT2D eigenvalue weighted by molar-refractivity contribution is 5.81. The Kier molecular flexibility index (Phi) is 9.25. The first kappa shape index (κ1) is 26.2. The van der Waals surface area contributed by atoms with E-state index in [4.69, 9.17) is 9.47 Å². The van der Waals surface area contributed by atoms with Gasteiger partial charge in [-0.05, 0) is 48.6 Å². The molecule has 1 aliphatic carbocycles. The third-order valence-electron chi connectivity index (χ3n) is 6.26.